The number of fused-ring (bicyclic) bond motifs is 1. The molecule has 4 heteroatoms. The van der Waals surface area contributed by atoms with Gasteiger partial charge >= 0.3 is 0 Å². The number of nitrogens with two attached hydrogens (primary N) is 1. The molecule has 3 rings (SSSR count). The zero-order chi connectivity index (χ0) is 12.5. The van der Waals surface area contributed by atoms with Crippen LogP contribution in [0.1, 0.15) is 31.2 Å². The lowest BCUT2D eigenvalue weighted by Crippen LogP contribution is -2.42. The molecule has 4 nitrogen and oxygen atoms in total. The molecule has 18 heavy (non-hydrogen) atoms. The SMILES string of the molecule is Cc1cnc(NC2CCN3CCCC3C2)cc1N. The van der Waals surface area contributed by atoms with Gasteiger partial charge in [-0.05, 0) is 44.7 Å². The number of nitrogens with zero attached hydrogens (tertiary/aromatic N) is 2. The Morgan fingerprint density at radius 1 is 1.39 bits per heavy atom. The molecule has 2 aliphatic rings. The normalized spacial score (nSPS) is 28.1. The second-order valence-corrected chi connectivity index (χ2v) is 5.62. The minimum atomic E-state index is 0.555. The Labute approximate surface area is 109 Å². The average Bonchev–Trinajstić information content (AvgIpc) is 2.81. The summed E-state index contributed by atoms with van der Waals surface area (Å²) in [6, 6.07) is 3.30. The predicted octanol–water partition coefficient (Wildman–Crippen LogP) is 2.01. The zero-order valence-electron chi connectivity index (χ0n) is 11.0. The number of pyridine rings is 1. The van der Waals surface area contributed by atoms with Gasteiger partial charge < -0.3 is 16.0 Å². The smallest absolute Gasteiger partial charge is 0.128 e. The van der Waals surface area contributed by atoms with Gasteiger partial charge in [0.15, 0.2) is 0 Å². The third kappa shape index (κ3) is 2.29. The first-order valence-corrected chi connectivity index (χ1v) is 6.95. The van der Waals surface area contributed by atoms with Crippen LogP contribution in [0.3, 0.4) is 0 Å². The van der Waals surface area contributed by atoms with Crippen molar-refractivity contribution in [3.63, 3.8) is 0 Å². The van der Waals surface area contributed by atoms with Gasteiger partial charge in [-0.15, -0.1) is 0 Å². The van der Waals surface area contributed by atoms with Crippen LogP contribution in [0, 0.1) is 6.92 Å². The Bertz CT molecular complexity index is 432. The number of aromatic nitrogens is 1. The minimum absolute atomic E-state index is 0.555. The van der Waals surface area contributed by atoms with E-state index in [1.807, 2.05) is 19.2 Å². The molecule has 0 saturated carbocycles. The summed E-state index contributed by atoms with van der Waals surface area (Å²) < 4.78 is 0. The first kappa shape index (κ1) is 11.8. The largest absolute Gasteiger partial charge is 0.398 e. The van der Waals surface area contributed by atoms with Gasteiger partial charge in [-0.3, -0.25) is 0 Å². The number of aryl methyl sites for hydroxylation is 1. The molecule has 2 saturated heterocycles. The maximum absolute atomic E-state index is 5.92. The van der Waals surface area contributed by atoms with Crippen LogP contribution < -0.4 is 11.1 Å². The fraction of sp³-hybridized carbons (Fsp3) is 0.643. The van der Waals surface area contributed by atoms with Gasteiger partial charge in [0.2, 0.25) is 0 Å². The number of nitrogen functional groups attached to an aromatic ring is 1. The molecule has 2 atom stereocenters. The highest BCUT2D eigenvalue weighted by atomic mass is 15.2. The Kier molecular flexibility index (Phi) is 3.12. The van der Waals surface area contributed by atoms with Gasteiger partial charge in [0.25, 0.3) is 0 Å². The molecule has 2 aliphatic heterocycles. The zero-order valence-corrected chi connectivity index (χ0v) is 11.0. The van der Waals surface area contributed by atoms with Gasteiger partial charge in [0.05, 0.1) is 0 Å². The Morgan fingerprint density at radius 3 is 3.11 bits per heavy atom. The molecular weight excluding hydrogens is 224 g/mol. The van der Waals surface area contributed by atoms with E-state index in [0.717, 1.165) is 23.1 Å². The lowest BCUT2D eigenvalue weighted by atomic mass is 9.97. The third-order valence-corrected chi connectivity index (χ3v) is 4.32. The van der Waals surface area contributed by atoms with Crippen LogP contribution in [-0.2, 0) is 0 Å². The Balaban J connectivity index is 1.64. The van der Waals surface area contributed by atoms with Gasteiger partial charge in [0.1, 0.15) is 5.82 Å². The first-order valence-electron chi connectivity index (χ1n) is 6.95. The topological polar surface area (TPSA) is 54.2 Å². The molecule has 0 amide bonds. The monoisotopic (exact) mass is 246 g/mol. The van der Waals surface area contributed by atoms with Crippen molar-refractivity contribution in [3.05, 3.63) is 17.8 Å². The van der Waals surface area contributed by atoms with Crippen molar-refractivity contribution in [1.82, 2.24) is 9.88 Å². The number of hydrogen-bond acceptors (Lipinski definition) is 4. The molecule has 3 heterocycles. The number of anilines is 2. The van der Waals surface area contributed by atoms with Crippen LogP contribution in [0.25, 0.3) is 0 Å². The minimum Gasteiger partial charge on any atom is -0.398 e. The van der Waals surface area contributed by atoms with E-state index in [4.69, 9.17) is 5.73 Å². The van der Waals surface area contributed by atoms with Crippen molar-refractivity contribution in [2.75, 3.05) is 24.1 Å². The fourth-order valence-electron chi connectivity index (χ4n) is 3.18. The van der Waals surface area contributed by atoms with Crippen molar-refractivity contribution in [2.24, 2.45) is 0 Å². The van der Waals surface area contributed by atoms with E-state index in [1.54, 1.807) is 0 Å². The van der Waals surface area contributed by atoms with E-state index >= 15 is 0 Å². The molecule has 0 aromatic carbocycles. The summed E-state index contributed by atoms with van der Waals surface area (Å²) >= 11 is 0. The second kappa shape index (κ2) is 4.76. The van der Waals surface area contributed by atoms with Crippen molar-refractivity contribution in [1.29, 1.82) is 0 Å². The van der Waals surface area contributed by atoms with Crippen molar-refractivity contribution < 1.29 is 0 Å². The van der Waals surface area contributed by atoms with Crippen molar-refractivity contribution >= 4 is 11.5 Å². The van der Waals surface area contributed by atoms with Gasteiger partial charge in [0, 0.05) is 36.6 Å². The van der Waals surface area contributed by atoms with Crippen LogP contribution in [-0.4, -0.2) is 35.1 Å². The summed E-state index contributed by atoms with van der Waals surface area (Å²) in [7, 11) is 0. The van der Waals surface area contributed by atoms with Crippen molar-refractivity contribution in [2.45, 2.75) is 44.7 Å². The maximum Gasteiger partial charge on any atom is 0.128 e. The standard InChI is InChI=1S/C14H22N4/c1-10-9-16-14(8-13(10)15)17-11-4-6-18-5-2-3-12(18)7-11/h8-9,11-12H,2-7H2,1H3,(H3,15,16,17). The van der Waals surface area contributed by atoms with Crippen LogP contribution in [0.4, 0.5) is 11.5 Å². The summed E-state index contributed by atoms with van der Waals surface area (Å²) in [6.07, 6.45) is 7.04. The summed E-state index contributed by atoms with van der Waals surface area (Å²) in [5.41, 5.74) is 7.80. The van der Waals surface area contributed by atoms with Gasteiger partial charge in [-0.25, -0.2) is 4.98 Å². The number of piperidine rings is 1. The maximum atomic E-state index is 5.92. The van der Waals surface area contributed by atoms with E-state index in [9.17, 15) is 0 Å². The van der Waals surface area contributed by atoms with E-state index in [-0.39, 0.29) is 0 Å². The summed E-state index contributed by atoms with van der Waals surface area (Å²) in [6.45, 7) is 4.51. The highest BCUT2D eigenvalue weighted by Crippen LogP contribution is 2.28. The Hall–Kier alpha value is -1.29. The number of hydrogen-bond donors (Lipinski definition) is 2. The van der Waals surface area contributed by atoms with Crippen molar-refractivity contribution in [3.8, 4) is 0 Å². The van der Waals surface area contributed by atoms with Crippen LogP contribution in [0.2, 0.25) is 0 Å². The molecule has 0 radical (unpaired) electrons. The van der Waals surface area contributed by atoms with Crippen LogP contribution >= 0.6 is 0 Å². The second-order valence-electron chi connectivity index (χ2n) is 5.62. The molecule has 1 aromatic heterocycles. The highest BCUT2D eigenvalue weighted by molar-refractivity contribution is 5.53. The number of nitrogens with one attached hydrogen (secondary N) is 1. The fourth-order valence-corrected chi connectivity index (χ4v) is 3.18. The third-order valence-electron chi connectivity index (χ3n) is 4.32. The lowest BCUT2D eigenvalue weighted by Gasteiger charge is -2.35. The molecule has 98 valence electrons. The summed E-state index contributed by atoms with van der Waals surface area (Å²) in [4.78, 5) is 7.05. The molecule has 3 N–H and O–H groups in total. The molecule has 2 fully saturated rings. The summed E-state index contributed by atoms with van der Waals surface area (Å²) in [5.74, 6) is 0.926. The van der Waals surface area contributed by atoms with Crippen LogP contribution in [0.5, 0.6) is 0 Å². The predicted molar refractivity (Wildman–Crippen MR) is 74.6 cm³/mol. The molecule has 2 unspecified atom stereocenters. The molecule has 0 spiro atoms. The van der Waals surface area contributed by atoms with E-state index < -0.39 is 0 Å². The molecule has 0 aliphatic carbocycles. The molecular formula is C14H22N4. The quantitative estimate of drug-likeness (QED) is 0.838. The first-order chi connectivity index (χ1) is 8.72. The van der Waals surface area contributed by atoms with E-state index in [2.05, 4.69) is 15.2 Å². The number of rotatable bonds is 2. The highest BCUT2D eigenvalue weighted by Gasteiger charge is 2.31. The van der Waals surface area contributed by atoms with Gasteiger partial charge in [-0.2, -0.15) is 0 Å². The summed E-state index contributed by atoms with van der Waals surface area (Å²) in [5, 5.41) is 3.54. The van der Waals surface area contributed by atoms with E-state index in [1.165, 1.54) is 38.8 Å². The Morgan fingerprint density at radius 2 is 2.28 bits per heavy atom. The van der Waals surface area contributed by atoms with E-state index in [0.29, 0.717) is 6.04 Å². The van der Waals surface area contributed by atoms with Crippen LogP contribution in [0.15, 0.2) is 12.3 Å². The van der Waals surface area contributed by atoms with Gasteiger partial charge in [-0.1, -0.05) is 0 Å². The average molecular weight is 246 g/mol. The molecule has 1 aromatic rings. The lowest BCUT2D eigenvalue weighted by molar-refractivity contribution is 0.188. The molecule has 0 bridgehead atoms.